The van der Waals surface area contributed by atoms with Crippen LogP contribution in [0.2, 0.25) is 0 Å². The van der Waals surface area contributed by atoms with Crippen LogP contribution in [0.3, 0.4) is 0 Å². The van der Waals surface area contributed by atoms with Crippen LogP contribution in [0.1, 0.15) is 47.0 Å². The topological polar surface area (TPSA) is 78.0 Å². The fourth-order valence-corrected chi connectivity index (χ4v) is 4.95. The SMILES string of the molecule is CCN1C(=O)C(=O)N(CC(=O)N2C[C@]3(C)C[C@H]2CC(C)(C)C3)C1=O. The summed E-state index contributed by atoms with van der Waals surface area (Å²) in [6, 6.07) is -0.536. The van der Waals surface area contributed by atoms with Crippen LogP contribution in [-0.2, 0) is 14.4 Å². The number of nitrogens with zero attached hydrogens (tertiary/aromatic N) is 3. The summed E-state index contributed by atoms with van der Waals surface area (Å²) in [6.45, 7) is 8.71. The van der Waals surface area contributed by atoms with E-state index in [1.54, 1.807) is 6.92 Å². The van der Waals surface area contributed by atoms with E-state index >= 15 is 0 Å². The van der Waals surface area contributed by atoms with Gasteiger partial charge in [-0.3, -0.25) is 19.3 Å². The van der Waals surface area contributed by atoms with E-state index in [1.165, 1.54) is 0 Å². The van der Waals surface area contributed by atoms with E-state index in [0.29, 0.717) is 6.54 Å². The summed E-state index contributed by atoms with van der Waals surface area (Å²) in [5.74, 6) is -1.98. The van der Waals surface area contributed by atoms with Crippen molar-refractivity contribution in [3.63, 3.8) is 0 Å². The third-order valence-corrected chi connectivity index (χ3v) is 5.48. The van der Waals surface area contributed by atoms with E-state index in [9.17, 15) is 19.2 Å². The van der Waals surface area contributed by atoms with Gasteiger partial charge in [-0.25, -0.2) is 9.69 Å². The lowest BCUT2D eigenvalue weighted by Crippen LogP contribution is -2.45. The van der Waals surface area contributed by atoms with Crippen LogP contribution >= 0.6 is 0 Å². The third-order valence-electron chi connectivity index (χ3n) is 5.48. The molecule has 3 rings (SSSR count). The van der Waals surface area contributed by atoms with Crippen molar-refractivity contribution in [3.8, 4) is 0 Å². The zero-order chi connectivity index (χ0) is 17.9. The Hall–Kier alpha value is -1.92. The summed E-state index contributed by atoms with van der Waals surface area (Å²) in [4.78, 5) is 52.1. The Labute approximate surface area is 141 Å². The van der Waals surface area contributed by atoms with Gasteiger partial charge < -0.3 is 4.90 Å². The first-order chi connectivity index (χ1) is 11.1. The lowest BCUT2D eigenvalue weighted by Gasteiger charge is -2.39. The summed E-state index contributed by atoms with van der Waals surface area (Å²) in [5, 5.41) is 0. The molecule has 7 nitrogen and oxygen atoms in total. The number of imide groups is 2. The molecule has 7 heteroatoms. The van der Waals surface area contributed by atoms with Gasteiger partial charge in [0.05, 0.1) is 0 Å². The van der Waals surface area contributed by atoms with Gasteiger partial charge >= 0.3 is 17.8 Å². The molecular weight excluding hydrogens is 310 g/mol. The molecule has 2 aliphatic heterocycles. The number of carbonyl (C=O) groups excluding carboxylic acids is 4. The van der Waals surface area contributed by atoms with Crippen molar-refractivity contribution in [3.05, 3.63) is 0 Å². The summed E-state index contributed by atoms with van der Waals surface area (Å²) in [7, 11) is 0. The van der Waals surface area contributed by atoms with Gasteiger partial charge in [-0.15, -0.1) is 0 Å². The minimum absolute atomic E-state index is 0.0897. The normalized spacial score (nSPS) is 32.1. The molecule has 0 radical (unpaired) electrons. The molecule has 2 heterocycles. The van der Waals surface area contributed by atoms with Crippen LogP contribution in [-0.4, -0.2) is 64.1 Å². The minimum atomic E-state index is -0.899. The summed E-state index contributed by atoms with van der Waals surface area (Å²) in [5.41, 5.74) is 0.271. The second-order valence-corrected chi connectivity index (χ2v) is 8.46. The molecule has 132 valence electrons. The number of likely N-dealkylation sites (tertiary alicyclic amines) is 1. The van der Waals surface area contributed by atoms with Gasteiger partial charge in [0.1, 0.15) is 6.54 Å². The lowest BCUT2D eigenvalue weighted by molar-refractivity contribution is -0.145. The molecule has 1 saturated carbocycles. The highest BCUT2D eigenvalue weighted by atomic mass is 16.2. The Balaban J connectivity index is 1.74. The molecule has 5 amide bonds. The Bertz CT molecular complexity index is 629. The maximum absolute atomic E-state index is 12.7. The standard InChI is InChI=1S/C17H25N3O4/c1-5-18-13(22)14(23)19(15(18)24)8-12(21)20-10-17(4)7-11(20)6-16(2,3)9-17/h11H,5-10H2,1-4H3/t11-,17-/m1/s1. The molecule has 0 aromatic carbocycles. The van der Waals surface area contributed by atoms with E-state index in [-0.39, 0.29) is 35.9 Å². The highest BCUT2D eigenvalue weighted by Crippen LogP contribution is 2.52. The van der Waals surface area contributed by atoms with Crippen molar-refractivity contribution in [2.24, 2.45) is 10.8 Å². The quantitative estimate of drug-likeness (QED) is 0.574. The molecule has 2 atom stereocenters. The lowest BCUT2D eigenvalue weighted by atomic mass is 9.65. The number of rotatable bonds is 3. The van der Waals surface area contributed by atoms with E-state index in [0.717, 1.165) is 29.1 Å². The van der Waals surface area contributed by atoms with E-state index in [2.05, 4.69) is 20.8 Å². The molecule has 3 aliphatic rings. The van der Waals surface area contributed by atoms with Gasteiger partial charge in [0.15, 0.2) is 0 Å². The maximum Gasteiger partial charge on any atom is 0.334 e. The van der Waals surface area contributed by atoms with Gasteiger partial charge in [0.2, 0.25) is 5.91 Å². The second-order valence-electron chi connectivity index (χ2n) is 8.46. The minimum Gasteiger partial charge on any atom is -0.338 e. The Morgan fingerprint density at radius 2 is 1.71 bits per heavy atom. The number of carbonyl (C=O) groups is 4. The summed E-state index contributed by atoms with van der Waals surface area (Å²) < 4.78 is 0. The number of urea groups is 1. The molecule has 24 heavy (non-hydrogen) atoms. The van der Waals surface area contributed by atoms with Gasteiger partial charge in [0.25, 0.3) is 0 Å². The molecule has 0 aromatic rings. The first-order valence-corrected chi connectivity index (χ1v) is 8.54. The van der Waals surface area contributed by atoms with E-state index in [1.807, 2.05) is 4.90 Å². The van der Waals surface area contributed by atoms with E-state index < -0.39 is 17.8 Å². The molecule has 0 unspecified atom stereocenters. The number of hydrogen-bond donors (Lipinski definition) is 0. The molecule has 0 spiro atoms. The van der Waals surface area contributed by atoms with Crippen molar-refractivity contribution in [1.29, 1.82) is 0 Å². The molecule has 1 aliphatic carbocycles. The number of amides is 5. The Kier molecular flexibility index (Phi) is 3.73. The summed E-state index contributed by atoms with van der Waals surface area (Å²) in [6.07, 6.45) is 2.95. The van der Waals surface area contributed by atoms with Crippen LogP contribution < -0.4 is 0 Å². The number of hydrogen-bond acceptors (Lipinski definition) is 4. The van der Waals surface area contributed by atoms with Crippen molar-refractivity contribution in [2.75, 3.05) is 19.6 Å². The predicted molar refractivity (Wildman–Crippen MR) is 85.7 cm³/mol. The molecule has 3 fully saturated rings. The number of fused-ring (bicyclic) bond motifs is 2. The fourth-order valence-electron chi connectivity index (χ4n) is 4.95. The number of likely N-dealkylation sites (N-methyl/N-ethyl adjacent to an activating group) is 1. The van der Waals surface area contributed by atoms with Crippen molar-refractivity contribution >= 4 is 23.8 Å². The zero-order valence-electron chi connectivity index (χ0n) is 14.8. The molecule has 0 aromatic heterocycles. The first kappa shape index (κ1) is 16.9. The van der Waals surface area contributed by atoms with Crippen LogP contribution in [0, 0.1) is 10.8 Å². The van der Waals surface area contributed by atoms with Gasteiger partial charge in [0, 0.05) is 19.1 Å². The van der Waals surface area contributed by atoms with Gasteiger partial charge in [-0.2, -0.15) is 0 Å². The molecule has 2 saturated heterocycles. The molecular formula is C17H25N3O4. The van der Waals surface area contributed by atoms with Crippen LogP contribution in [0.25, 0.3) is 0 Å². The average molecular weight is 335 g/mol. The maximum atomic E-state index is 12.7. The third kappa shape index (κ3) is 2.59. The van der Waals surface area contributed by atoms with Gasteiger partial charge in [-0.05, 0) is 37.0 Å². The van der Waals surface area contributed by atoms with Crippen LogP contribution in [0.4, 0.5) is 4.79 Å². The average Bonchev–Trinajstić information content (AvgIpc) is 2.83. The summed E-state index contributed by atoms with van der Waals surface area (Å²) >= 11 is 0. The molecule has 0 N–H and O–H groups in total. The first-order valence-electron chi connectivity index (χ1n) is 8.54. The fraction of sp³-hybridized carbons (Fsp3) is 0.765. The van der Waals surface area contributed by atoms with Crippen molar-refractivity contribution < 1.29 is 19.2 Å². The zero-order valence-corrected chi connectivity index (χ0v) is 14.8. The van der Waals surface area contributed by atoms with Crippen molar-refractivity contribution in [2.45, 2.75) is 53.0 Å². The Morgan fingerprint density at radius 1 is 1.08 bits per heavy atom. The van der Waals surface area contributed by atoms with Crippen LogP contribution in [0.15, 0.2) is 0 Å². The van der Waals surface area contributed by atoms with Crippen molar-refractivity contribution in [1.82, 2.24) is 14.7 Å². The highest BCUT2D eigenvalue weighted by Gasteiger charge is 2.52. The second kappa shape index (κ2) is 5.29. The van der Waals surface area contributed by atoms with Crippen LogP contribution in [0.5, 0.6) is 0 Å². The van der Waals surface area contributed by atoms with E-state index in [4.69, 9.17) is 0 Å². The largest absolute Gasteiger partial charge is 0.338 e. The predicted octanol–water partition coefficient (Wildman–Crippen LogP) is 1.22. The molecule has 2 bridgehead atoms. The highest BCUT2D eigenvalue weighted by molar-refractivity contribution is 6.45. The smallest absolute Gasteiger partial charge is 0.334 e. The Morgan fingerprint density at radius 3 is 2.29 bits per heavy atom. The van der Waals surface area contributed by atoms with Gasteiger partial charge in [-0.1, -0.05) is 20.8 Å². The monoisotopic (exact) mass is 335 g/mol.